The lowest BCUT2D eigenvalue weighted by Crippen LogP contribution is -2.46. The van der Waals surface area contributed by atoms with E-state index in [4.69, 9.17) is 4.74 Å². The molecule has 176 valence electrons. The summed E-state index contributed by atoms with van der Waals surface area (Å²) in [7, 11) is 1.69. The van der Waals surface area contributed by atoms with Crippen LogP contribution in [0, 0.1) is 0 Å². The summed E-state index contributed by atoms with van der Waals surface area (Å²) < 4.78 is 5.25. The molecule has 2 heterocycles. The Labute approximate surface area is 200 Å². The van der Waals surface area contributed by atoms with E-state index < -0.39 is 0 Å². The second-order valence-corrected chi connectivity index (χ2v) is 9.38. The number of anilines is 2. The average Bonchev–Trinajstić information content (AvgIpc) is 2.88. The van der Waals surface area contributed by atoms with Crippen LogP contribution in [-0.2, 0) is 4.79 Å². The third-order valence-corrected chi connectivity index (χ3v) is 7.10. The van der Waals surface area contributed by atoms with E-state index >= 15 is 0 Å². The summed E-state index contributed by atoms with van der Waals surface area (Å²) in [5.74, 6) is 2.23. The number of ether oxygens (including phenoxy) is 1. The number of nitrogens with zero attached hydrogens (tertiary/aromatic N) is 4. The monoisotopic (exact) mass is 467 g/mol. The number of thioether (sulfide) groups is 1. The van der Waals surface area contributed by atoms with Crippen molar-refractivity contribution in [3.05, 3.63) is 48.3 Å². The van der Waals surface area contributed by atoms with Gasteiger partial charge in [-0.2, -0.15) is 0 Å². The van der Waals surface area contributed by atoms with Crippen LogP contribution < -0.4 is 19.9 Å². The molecule has 0 unspecified atom stereocenters. The van der Waals surface area contributed by atoms with Gasteiger partial charge in [0.1, 0.15) is 22.9 Å². The molecule has 1 aromatic carbocycles. The molecule has 1 fully saturated rings. The minimum Gasteiger partial charge on any atom is -0.497 e. The van der Waals surface area contributed by atoms with Crippen molar-refractivity contribution in [3.8, 4) is 5.75 Å². The molecule has 4 rings (SSSR count). The molecule has 1 N–H and O–H groups in total. The topological polar surface area (TPSA) is 70.6 Å². The zero-order chi connectivity index (χ0) is 22.9. The number of rotatable bonds is 9. The molecule has 1 aromatic heterocycles. The fourth-order valence-corrected chi connectivity index (χ4v) is 4.94. The van der Waals surface area contributed by atoms with Crippen molar-refractivity contribution in [2.45, 2.75) is 37.1 Å². The third kappa shape index (κ3) is 6.87. The van der Waals surface area contributed by atoms with E-state index in [1.807, 2.05) is 18.2 Å². The predicted molar refractivity (Wildman–Crippen MR) is 134 cm³/mol. The largest absolute Gasteiger partial charge is 0.497 e. The van der Waals surface area contributed by atoms with Gasteiger partial charge in [-0.15, -0.1) is 0 Å². The van der Waals surface area contributed by atoms with Crippen molar-refractivity contribution >= 4 is 29.2 Å². The Morgan fingerprint density at radius 2 is 1.88 bits per heavy atom. The van der Waals surface area contributed by atoms with Gasteiger partial charge in [-0.05, 0) is 56.4 Å². The van der Waals surface area contributed by atoms with Gasteiger partial charge >= 0.3 is 0 Å². The molecule has 0 radical (unpaired) electrons. The van der Waals surface area contributed by atoms with Crippen LogP contribution in [0.25, 0.3) is 0 Å². The molecular weight excluding hydrogens is 434 g/mol. The van der Waals surface area contributed by atoms with Gasteiger partial charge in [0.25, 0.3) is 0 Å². The molecule has 2 aliphatic rings. The lowest BCUT2D eigenvalue weighted by Gasteiger charge is -2.36. The number of amides is 1. The first kappa shape index (κ1) is 23.4. The maximum absolute atomic E-state index is 12.2. The van der Waals surface area contributed by atoms with E-state index in [1.165, 1.54) is 48.7 Å². The van der Waals surface area contributed by atoms with Crippen molar-refractivity contribution in [3.63, 3.8) is 0 Å². The van der Waals surface area contributed by atoms with E-state index in [2.05, 4.69) is 43.3 Å². The quantitative estimate of drug-likeness (QED) is 0.341. The summed E-state index contributed by atoms with van der Waals surface area (Å²) in [5, 5.41) is 3.87. The summed E-state index contributed by atoms with van der Waals surface area (Å²) >= 11 is 1.47. The molecule has 0 spiro atoms. The Kier molecular flexibility index (Phi) is 8.47. The Morgan fingerprint density at radius 3 is 2.61 bits per heavy atom. The second-order valence-electron chi connectivity index (χ2n) is 8.38. The van der Waals surface area contributed by atoms with Gasteiger partial charge in [-0.1, -0.05) is 23.4 Å². The molecule has 8 heteroatoms. The van der Waals surface area contributed by atoms with Crippen LogP contribution in [0.4, 0.5) is 11.5 Å². The highest BCUT2D eigenvalue weighted by Crippen LogP contribution is 2.24. The van der Waals surface area contributed by atoms with Gasteiger partial charge in [0.05, 0.1) is 12.9 Å². The van der Waals surface area contributed by atoms with Gasteiger partial charge in [0.2, 0.25) is 5.91 Å². The van der Waals surface area contributed by atoms with E-state index in [-0.39, 0.29) is 5.91 Å². The Morgan fingerprint density at radius 1 is 1.09 bits per heavy atom. The first-order valence-electron chi connectivity index (χ1n) is 11.7. The molecule has 1 aliphatic heterocycles. The molecule has 7 nitrogen and oxygen atoms in total. The molecule has 0 saturated carbocycles. The number of hydrogen-bond acceptors (Lipinski definition) is 7. The fourth-order valence-electron chi connectivity index (χ4n) is 4.25. The van der Waals surface area contributed by atoms with Gasteiger partial charge in [0.15, 0.2) is 0 Å². The number of carbonyl (C=O) groups is 1. The van der Waals surface area contributed by atoms with Crippen LogP contribution in [0.1, 0.15) is 32.1 Å². The smallest absolute Gasteiger partial charge is 0.230 e. The first-order chi connectivity index (χ1) is 16.2. The zero-order valence-electron chi connectivity index (χ0n) is 19.3. The van der Waals surface area contributed by atoms with Gasteiger partial charge in [-0.3, -0.25) is 4.79 Å². The van der Waals surface area contributed by atoms with Crippen molar-refractivity contribution < 1.29 is 9.53 Å². The zero-order valence-corrected chi connectivity index (χ0v) is 20.1. The molecule has 1 aliphatic carbocycles. The number of allylic oxidation sites excluding steroid dienone is 1. The molecule has 2 aromatic rings. The Hall–Kier alpha value is -2.74. The maximum Gasteiger partial charge on any atom is 0.230 e. The highest BCUT2D eigenvalue weighted by atomic mass is 32.2. The summed E-state index contributed by atoms with van der Waals surface area (Å²) in [6.45, 7) is 4.36. The summed E-state index contributed by atoms with van der Waals surface area (Å²) in [6.07, 6.45) is 9.85. The van der Waals surface area contributed by atoms with Crippen molar-refractivity contribution in [1.82, 2.24) is 15.3 Å². The minimum absolute atomic E-state index is 0.0599. The van der Waals surface area contributed by atoms with Gasteiger partial charge in [-0.25, -0.2) is 9.97 Å². The van der Waals surface area contributed by atoms with E-state index in [9.17, 15) is 4.79 Å². The van der Waals surface area contributed by atoms with E-state index in [0.29, 0.717) is 5.75 Å². The van der Waals surface area contributed by atoms with Crippen LogP contribution in [0.15, 0.2) is 53.3 Å². The minimum atomic E-state index is 0.0599. The number of carbonyl (C=O) groups excluding carboxylic acids is 1. The van der Waals surface area contributed by atoms with Gasteiger partial charge < -0.3 is 19.9 Å². The summed E-state index contributed by atoms with van der Waals surface area (Å²) in [6, 6.07) is 10.2. The lowest BCUT2D eigenvalue weighted by molar-refractivity contribution is -0.118. The molecule has 1 saturated heterocycles. The standard InChI is InChI=1S/C25H33N5O2S/c1-32-22-9-7-21(8-10-22)29-13-15-30(16-14-29)23-17-25(28-19-27-23)33-18-24(31)26-12-11-20-5-3-2-4-6-20/h5,7-10,17,19H,2-4,6,11-16,18H2,1H3,(H,26,31). The van der Waals surface area contributed by atoms with Crippen LogP contribution in [-0.4, -0.2) is 61.5 Å². The normalized spacial score (nSPS) is 16.3. The molecule has 0 bridgehead atoms. The van der Waals surface area contributed by atoms with Crippen LogP contribution in [0.3, 0.4) is 0 Å². The predicted octanol–water partition coefficient (Wildman–Crippen LogP) is 3.91. The number of methoxy groups -OCH3 is 1. The highest BCUT2D eigenvalue weighted by molar-refractivity contribution is 7.99. The SMILES string of the molecule is COc1ccc(N2CCN(c3cc(SCC(=O)NCCC4=CCCCC4)ncn3)CC2)cc1. The highest BCUT2D eigenvalue weighted by Gasteiger charge is 2.19. The van der Waals surface area contributed by atoms with Crippen molar-refractivity contribution in [2.75, 3.05) is 55.4 Å². The summed E-state index contributed by atoms with van der Waals surface area (Å²) in [4.78, 5) is 25.7. The fraction of sp³-hybridized carbons (Fsp3) is 0.480. The Bertz CT molecular complexity index is 942. The van der Waals surface area contributed by atoms with E-state index in [0.717, 1.165) is 55.7 Å². The van der Waals surface area contributed by atoms with Crippen LogP contribution in [0.2, 0.25) is 0 Å². The molecule has 33 heavy (non-hydrogen) atoms. The number of piperazine rings is 1. The number of aromatic nitrogens is 2. The second kappa shape index (κ2) is 11.9. The molecule has 0 atom stereocenters. The van der Waals surface area contributed by atoms with E-state index in [1.54, 1.807) is 13.4 Å². The number of hydrogen-bond donors (Lipinski definition) is 1. The molecular formula is C25H33N5O2S. The maximum atomic E-state index is 12.2. The summed E-state index contributed by atoms with van der Waals surface area (Å²) in [5.41, 5.74) is 2.70. The van der Waals surface area contributed by atoms with Crippen LogP contribution in [0.5, 0.6) is 5.75 Å². The average molecular weight is 468 g/mol. The molecule has 1 amide bonds. The third-order valence-electron chi connectivity index (χ3n) is 6.17. The Balaban J connectivity index is 1.21. The van der Waals surface area contributed by atoms with Crippen molar-refractivity contribution in [1.29, 1.82) is 0 Å². The van der Waals surface area contributed by atoms with Gasteiger partial charge in [0, 0.05) is 44.5 Å². The first-order valence-corrected chi connectivity index (χ1v) is 12.7. The van der Waals surface area contributed by atoms with Crippen LogP contribution >= 0.6 is 11.8 Å². The lowest BCUT2D eigenvalue weighted by atomic mass is 9.97. The number of benzene rings is 1. The van der Waals surface area contributed by atoms with Crippen molar-refractivity contribution in [2.24, 2.45) is 0 Å². The number of nitrogens with one attached hydrogen (secondary N) is 1.